The van der Waals surface area contributed by atoms with Crippen molar-refractivity contribution >= 4 is 6.16 Å². The summed E-state index contributed by atoms with van der Waals surface area (Å²) in [7, 11) is 1.39. The number of carbonyl (C=O) groups excluding carboxylic acids is 1. The smallest absolute Gasteiger partial charge is 0.438 e. The first kappa shape index (κ1) is 10.4. The maximum absolute atomic E-state index is 11.3. The fourth-order valence-electron chi connectivity index (χ4n) is 4.74. The topological polar surface area (TPSA) is 35.5 Å². The molecule has 5 atom stereocenters. The predicted octanol–water partition coefficient (Wildman–Crippen LogP) is 2.98. The van der Waals surface area contributed by atoms with Gasteiger partial charge in [0.1, 0.15) is 5.60 Å². The van der Waals surface area contributed by atoms with E-state index in [0.717, 1.165) is 24.2 Å². The minimum absolute atomic E-state index is 0.247. The Morgan fingerprint density at radius 1 is 1.31 bits per heavy atom. The van der Waals surface area contributed by atoms with Crippen molar-refractivity contribution in [3.05, 3.63) is 0 Å². The van der Waals surface area contributed by atoms with Gasteiger partial charge in [-0.05, 0) is 50.4 Å². The predicted molar refractivity (Wildman–Crippen MR) is 58.9 cm³/mol. The molecule has 0 spiro atoms. The van der Waals surface area contributed by atoms with Crippen LogP contribution in [0.5, 0.6) is 0 Å². The van der Waals surface area contributed by atoms with Gasteiger partial charge in [0, 0.05) is 5.92 Å². The van der Waals surface area contributed by atoms with E-state index >= 15 is 0 Å². The van der Waals surface area contributed by atoms with Gasteiger partial charge in [0.05, 0.1) is 7.11 Å². The largest absolute Gasteiger partial charge is 0.508 e. The van der Waals surface area contributed by atoms with Crippen LogP contribution in [0.1, 0.15) is 39.0 Å². The maximum Gasteiger partial charge on any atom is 0.508 e. The summed E-state index contributed by atoms with van der Waals surface area (Å²) in [5.74, 6) is 3.13. The summed E-state index contributed by atoms with van der Waals surface area (Å²) in [4.78, 5) is 11.3. The molecule has 3 nitrogen and oxygen atoms in total. The molecule has 3 saturated carbocycles. The van der Waals surface area contributed by atoms with E-state index in [4.69, 9.17) is 4.74 Å². The molecule has 0 heterocycles. The fourth-order valence-corrected chi connectivity index (χ4v) is 4.74. The summed E-state index contributed by atoms with van der Waals surface area (Å²) in [6.45, 7) is 2.10. The molecule has 16 heavy (non-hydrogen) atoms. The Bertz CT molecular complexity index is 314. The highest BCUT2D eigenvalue weighted by Gasteiger charge is 2.60. The number of fused-ring (bicyclic) bond motifs is 5. The minimum Gasteiger partial charge on any atom is -0.438 e. The molecule has 90 valence electrons. The van der Waals surface area contributed by atoms with Crippen LogP contribution in [0.25, 0.3) is 0 Å². The first-order valence-electron chi connectivity index (χ1n) is 6.41. The monoisotopic (exact) mass is 224 g/mol. The quantitative estimate of drug-likeness (QED) is 0.642. The van der Waals surface area contributed by atoms with Gasteiger partial charge in [0.2, 0.25) is 0 Å². The van der Waals surface area contributed by atoms with E-state index in [9.17, 15) is 4.79 Å². The molecule has 3 aliphatic carbocycles. The molecule has 0 saturated heterocycles. The first-order valence-corrected chi connectivity index (χ1v) is 6.41. The third-order valence-electron chi connectivity index (χ3n) is 5.24. The molecular formula is C13H20O3. The van der Waals surface area contributed by atoms with E-state index in [1.54, 1.807) is 0 Å². The summed E-state index contributed by atoms with van der Waals surface area (Å²) in [5.41, 5.74) is -0.247. The van der Waals surface area contributed by atoms with Crippen LogP contribution in [-0.4, -0.2) is 18.9 Å². The van der Waals surface area contributed by atoms with Gasteiger partial charge < -0.3 is 9.47 Å². The van der Waals surface area contributed by atoms with E-state index in [0.29, 0.717) is 5.92 Å². The molecule has 0 aromatic rings. The molecule has 3 fully saturated rings. The lowest BCUT2D eigenvalue weighted by atomic mass is 9.74. The van der Waals surface area contributed by atoms with Crippen molar-refractivity contribution in [3.8, 4) is 0 Å². The van der Waals surface area contributed by atoms with Crippen molar-refractivity contribution in [1.82, 2.24) is 0 Å². The number of hydrogen-bond donors (Lipinski definition) is 0. The van der Waals surface area contributed by atoms with Crippen LogP contribution in [0.15, 0.2) is 0 Å². The highest BCUT2D eigenvalue weighted by Crippen LogP contribution is 2.63. The average Bonchev–Trinajstić information content (AvgIpc) is 2.86. The minimum atomic E-state index is -0.510. The summed E-state index contributed by atoms with van der Waals surface area (Å²) < 4.78 is 10.2. The SMILES string of the molecule is COC(=O)OC1(C)CC2CC1C1CCCC21. The second kappa shape index (κ2) is 3.38. The number of ether oxygens (including phenoxy) is 2. The van der Waals surface area contributed by atoms with Gasteiger partial charge in [-0.25, -0.2) is 4.79 Å². The molecule has 3 aliphatic rings. The molecule has 0 aromatic heterocycles. The highest BCUT2D eigenvalue weighted by molar-refractivity contribution is 5.60. The fraction of sp³-hybridized carbons (Fsp3) is 0.923. The zero-order valence-corrected chi connectivity index (χ0v) is 10.1. The van der Waals surface area contributed by atoms with Crippen LogP contribution in [0.4, 0.5) is 4.79 Å². The summed E-state index contributed by atoms with van der Waals surface area (Å²) in [6.07, 6.45) is 5.92. The van der Waals surface area contributed by atoms with Crippen molar-refractivity contribution < 1.29 is 14.3 Å². The first-order chi connectivity index (χ1) is 7.64. The zero-order chi connectivity index (χ0) is 11.3. The van der Waals surface area contributed by atoms with E-state index < -0.39 is 6.16 Å². The maximum atomic E-state index is 11.3. The van der Waals surface area contributed by atoms with Gasteiger partial charge >= 0.3 is 6.16 Å². The Morgan fingerprint density at radius 2 is 2.06 bits per heavy atom. The van der Waals surface area contributed by atoms with Crippen LogP contribution >= 0.6 is 0 Å². The molecule has 0 amide bonds. The summed E-state index contributed by atoms with van der Waals surface area (Å²) in [5, 5.41) is 0. The second-order valence-electron chi connectivity index (χ2n) is 5.93. The van der Waals surface area contributed by atoms with E-state index in [-0.39, 0.29) is 5.60 Å². The van der Waals surface area contributed by atoms with Gasteiger partial charge in [0.25, 0.3) is 0 Å². The third kappa shape index (κ3) is 1.30. The number of methoxy groups -OCH3 is 1. The summed E-state index contributed by atoms with van der Waals surface area (Å²) in [6, 6.07) is 0. The average molecular weight is 224 g/mol. The lowest BCUT2D eigenvalue weighted by molar-refractivity contribution is -0.0685. The van der Waals surface area contributed by atoms with Crippen LogP contribution in [0.2, 0.25) is 0 Å². The molecule has 0 aromatic carbocycles. The molecular weight excluding hydrogens is 204 g/mol. The van der Waals surface area contributed by atoms with Crippen molar-refractivity contribution in [2.24, 2.45) is 23.7 Å². The Kier molecular flexibility index (Phi) is 2.20. The summed E-state index contributed by atoms with van der Waals surface area (Å²) >= 11 is 0. The Labute approximate surface area is 96.5 Å². The molecule has 3 heteroatoms. The number of rotatable bonds is 1. The van der Waals surface area contributed by atoms with Gasteiger partial charge in [-0.15, -0.1) is 0 Å². The lowest BCUT2D eigenvalue weighted by Crippen LogP contribution is -2.42. The van der Waals surface area contributed by atoms with Crippen molar-refractivity contribution in [1.29, 1.82) is 0 Å². The van der Waals surface area contributed by atoms with Crippen LogP contribution in [0.3, 0.4) is 0 Å². The number of carbonyl (C=O) groups is 1. The van der Waals surface area contributed by atoms with Gasteiger partial charge in [-0.1, -0.05) is 6.42 Å². The van der Waals surface area contributed by atoms with Crippen LogP contribution in [-0.2, 0) is 9.47 Å². The normalized spacial score (nSPS) is 49.1. The highest BCUT2D eigenvalue weighted by atomic mass is 16.7. The third-order valence-corrected chi connectivity index (χ3v) is 5.24. The van der Waals surface area contributed by atoms with E-state index in [1.807, 2.05) is 0 Å². The van der Waals surface area contributed by atoms with Crippen molar-refractivity contribution in [3.63, 3.8) is 0 Å². The molecule has 3 rings (SSSR count). The van der Waals surface area contributed by atoms with Gasteiger partial charge in [-0.3, -0.25) is 0 Å². The Hall–Kier alpha value is -0.730. The Morgan fingerprint density at radius 3 is 2.81 bits per heavy atom. The van der Waals surface area contributed by atoms with Crippen LogP contribution in [0, 0.1) is 23.7 Å². The lowest BCUT2D eigenvalue weighted by Gasteiger charge is -2.39. The number of hydrogen-bond acceptors (Lipinski definition) is 3. The van der Waals surface area contributed by atoms with Crippen molar-refractivity contribution in [2.45, 2.75) is 44.6 Å². The Balaban J connectivity index is 1.77. The second-order valence-corrected chi connectivity index (χ2v) is 5.93. The van der Waals surface area contributed by atoms with Gasteiger partial charge in [0.15, 0.2) is 0 Å². The molecule has 0 radical (unpaired) electrons. The van der Waals surface area contributed by atoms with E-state index in [2.05, 4.69) is 11.7 Å². The van der Waals surface area contributed by atoms with Crippen LogP contribution < -0.4 is 0 Å². The molecule has 0 aliphatic heterocycles. The van der Waals surface area contributed by atoms with Gasteiger partial charge in [-0.2, -0.15) is 0 Å². The standard InChI is InChI=1S/C13H20O3/c1-13(16-12(14)15-2)7-8-6-11(13)10-5-3-4-9(8)10/h8-11H,3-7H2,1-2H3. The molecule has 0 N–H and O–H groups in total. The molecule has 5 unspecified atom stereocenters. The van der Waals surface area contributed by atoms with Crippen molar-refractivity contribution in [2.75, 3.05) is 7.11 Å². The van der Waals surface area contributed by atoms with E-state index in [1.165, 1.54) is 32.8 Å². The zero-order valence-electron chi connectivity index (χ0n) is 10.1. The molecule has 2 bridgehead atoms.